The second-order valence-corrected chi connectivity index (χ2v) is 5.87. The van der Waals surface area contributed by atoms with Crippen LogP contribution in [0.2, 0.25) is 0 Å². The van der Waals surface area contributed by atoms with Gasteiger partial charge in [0.25, 0.3) is 0 Å². The van der Waals surface area contributed by atoms with Crippen LogP contribution in [0, 0.1) is 6.92 Å². The SMILES string of the molecule is COc1cccc(NC(=O)NC[C@@H](OCCO)c2ccc(C)cc2)c1OC. The number of anilines is 1. The van der Waals surface area contributed by atoms with Crippen LogP contribution in [0.15, 0.2) is 42.5 Å². The Hall–Kier alpha value is -2.77. The second-order valence-electron chi connectivity index (χ2n) is 5.87. The van der Waals surface area contributed by atoms with Crippen molar-refractivity contribution in [2.45, 2.75) is 13.0 Å². The average Bonchev–Trinajstić information content (AvgIpc) is 2.68. The second kappa shape index (κ2) is 10.4. The van der Waals surface area contributed by atoms with Crippen LogP contribution in [-0.4, -0.2) is 45.1 Å². The number of nitrogens with one attached hydrogen (secondary N) is 2. The number of urea groups is 1. The Labute approximate surface area is 159 Å². The van der Waals surface area contributed by atoms with Gasteiger partial charge in [-0.25, -0.2) is 4.79 Å². The van der Waals surface area contributed by atoms with Crippen molar-refractivity contribution in [2.24, 2.45) is 0 Å². The highest BCUT2D eigenvalue weighted by molar-refractivity contribution is 5.91. The van der Waals surface area contributed by atoms with Gasteiger partial charge < -0.3 is 30.0 Å². The topological polar surface area (TPSA) is 89.1 Å². The summed E-state index contributed by atoms with van der Waals surface area (Å²) in [4.78, 5) is 12.3. The maximum atomic E-state index is 12.3. The van der Waals surface area contributed by atoms with Crippen molar-refractivity contribution in [1.29, 1.82) is 0 Å². The Morgan fingerprint density at radius 2 is 1.85 bits per heavy atom. The minimum absolute atomic E-state index is 0.0877. The predicted molar refractivity (Wildman–Crippen MR) is 104 cm³/mol. The number of carbonyl (C=O) groups is 1. The highest BCUT2D eigenvalue weighted by atomic mass is 16.5. The van der Waals surface area contributed by atoms with Crippen LogP contribution in [0.25, 0.3) is 0 Å². The lowest BCUT2D eigenvalue weighted by Crippen LogP contribution is -2.33. The van der Waals surface area contributed by atoms with Gasteiger partial charge in [0.15, 0.2) is 11.5 Å². The number of hydrogen-bond acceptors (Lipinski definition) is 5. The van der Waals surface area contributed by atoms with E-state index in [-0.39, 0.29) is 25.9 Å². The number of aryl methyl sites for hydroxylation is 1. The number of hydrogen-bond donors (Lipinski definition) is 3. The van der Waals surface area contributed by atoms with Gasteiger partial charge in [0, 0.05) is 6.54 Å². The molecule has 0 heterocycles. The van der Waals surface area contributed by atoms with E-state index in [4.69, 9.17) is 19.3 Å². The molecule has 0 fully saturated rings. The number of amides is 2. The lowest BCUT2D eigenvalue weighted by atomic mass is 10.1. The summed E-state index contributed by atoms with van der Waals surface area (Å²) >= 11 is 0. The van der Waals surface area contributed by atoms with Gasteiger partial charge in [-0.3, -0.25) is 0 Å². The molecule has 0 saturated heterocycles. The quantitative estimate of drug-likeness (QED) is 0.628. The van der Waals surface area contributed by atoms with Crippen LogP contribution >= 0.6 is 0 Å². The van der Waals surface area contributed by atoms with Crippen LogP contribution in [0.4, 0.5) is 10.5 Å². The predicted octanol–water partition coefficient (Wildman–Crippen LogP) is 2.88. The fourth-order valence-corrected chi connectivity index (χ4v) is 2.59. The largest absolute Gasteiger partial charge is 0.493 e. The molecular weight excluding hydrogens is 348 g/mol. The molecule has 2 rings (SSSR count). The Bertz CT molecular complexity index is 734. The molecule has 0 unspecified atom stereocenters. The lowest BCUT2D eigenvalue weighted by Gasteiger charge is -2.19. The van der Waals surface area contributed by atoms with Crippen molar-refractivity contribution in [2.75, 3.05) is 39.3 Å². The van der Waals surface area contributed by atoms with Gasteiger partial charge in [-0.1, -0.05) is 35.9 Å². The first-order valence-corrected chi connectivity index (χ1v) is 8.64. The molecule has 146 valence electrons. The molecule has 7 heteroatoms. The Balaban J connectivity index is 2.02. The fraction of sp³-hybridized carbons (Fsp3) is 0.350. The lowest BCUT2D eigenvalue weighted by molar-refractivity contribution is 0.0297. The average molecular weight is 374 g/mol. The summed E-state index contributed by atoms with van der Waals surface area (Å²) < 4.78 is 16.2. The molecule has 2 aromatic rings. The van der Waals surface area contributed by atoms with E-state index < -0.39 is 6.03 Å². The zero-order valence-electron chi connectivity index (χ0n) is 15.8. The van der Waals surface area contributed by atoms with Crippen molar-refractivity contribution in [3.63, 3.8) is 0 Å². The molecule has 0 aromatic heterocycles. The van der Waals surface area contributed by atoms with E-state index in [0.29, 0.717) is 17.2 Å². The number of aliphatic hydroxyl groups is 1. The van der Waals surface area contributed by atoms with Gasteiger partial charge in [-0.2, -0.15) is 0 Å². The number of ether oxygens (including phenoxy) is 3. The van der Waals surface area contributed by atoms with Crippen molar-refractivity contribution in [3.05, 3.63) is 53.6 Å². The third kappa shape index (κ3) is 5.87. The third-order valence-corrected chi connectivity index (χ3v) is 3.96. The van der Waals surface area contributed by atoms with E-state index in [1.165, 1.54) is 14.2 Å². The van der Waals surface area contributed by atoms with E-state index in [0.717, 1.165) is 11.1 Å². The first-order valence-electron chi connectivity index (χ1n) is 8.64. The van der Waals surface area contributed by atoms with Gasteiger partial charge in [0.2, 0.25) is 0 Å². The van der Waals surface area contributed by atoms with E-state index in [9.17, 15) is 4.79 Å². The summed E-state index contributed by atoms with van der Waals surface area (Å²) in [5.41, 5.74) is 2.56. The molecule has 7 nitrogen and oxygen atoms in total. The molecule has 0 saturated carbocycles. The van der Waals surface area contributed by atoms with E-state index >= 15 is 0 Å². The highest BCUT2D eigenvalue weighted by Crippen LogP contribution is 2.34. The number of aliphatic hydroxyl groups excluding tert-OH is 1. The minimum Gasteiger partial charge on any atom is -0.493 e. The molecule has 2 amide bonds. The number of methoxy groups -OCH3 is 2. The van der Waals surface area contributed by atoms with Crippen molar-refractivity contribution in [3.8, 4) is 11.5 Å². The van der Waals surface area contributed by atoms with Crippen LogP contribution < -0.4 is 20.1 Å². The monoisotopic (exact) mass is 374 g/mol. The van der Waals surface area contributed by atoms with E-state index in [1.54, 1.807) is 18.2 Å². The van der Waals surface area contributed by atoms with Gasteiger partial charge in [0.1, 0.15) is 0 Å². The van der Waals surface area contributed by atoms with Crippen molar-refractivity contribution in [1.82, 2.24) is 5.32 Å². The van der Waals surface area contributed by atoms with Crippen LogP contribution in [0.3, 0.4) is 0 Å². The van der Waals surface area contributed by atoms with Gasteiger partial charge >= 0.3 is 6.03 Å². The van der Waals surface area contributed by atoms with Crippen LogP contribution in [0.1, 0.15) is 17.2 Å². The fourth-order valence-electron chi connectivity index (χ4n) is 2.59. The molecule has 1 atom stereocenters. The first kappa shape index (κ1) is 20.5. The Morgan fingerprint density at radius 1 is 1.11 bits per heavy atom. The molecule has 0 aliphatic heterocycles. The van der Waals surface area contributed by atoms with Gasteiger partial charge in [-0.05, 0) is 24.6 Å². The van der Waals surface area contributed by atoms with Crippen molar-refractivity contribution >= 4 is 11.7 Å². The number of carbonyl (C=O) groups excluding carboxylic acids is 1. The normalized spacial score (nSPS) is 11.6. The molecule has 2 aromatic carbocycles. The Morgan fingerprint density at radius 3 is 2.48 bits per heavy atom. The highest BCUT2D eigenvalue weighted by Gasteiger charge is 2.15. The van der Waals surface area contributed by atoms with Gasteiger partial charge in [0.05, 0.1) is 39.2 Å². The van der Waals surface area contributed by atoms with E-state index in [1.807, 2.05) is 31.2 Å². The molecule has 0 aliphatic rings. The summed E-state index contributed by atoms with van der Waals surface area (Å²) in [6.45, 7) is 2.35. The molecule has 0 bridgehead atoms. The Kier molecular flexibility index (Phi) is 7.91. The third-order valence-electron chi connectivity index (χ3n) is 3.96. The minimum atomic E-state index is -0.397. The van der Waals surface area contributed by atoms with Crippen molar-refractivity contribution < 1.29 is 24.1 Å². The summed E-state index contributed by atoms with van der Waals surface area (Å²) in [7, 11) is 3.05. The standard InChI is InChI=1S/C20H26N2O5/c1-14-7-9-15(10-8-14)18(27-12-11-23)13-21-20(24)22-16-5-4-6-17(25-2)19(16)26-3/h4-10,18,23H,11-13H2,1-3H3,(H2,21,22,24)/t18-/m1/s1. The summed E-state index contributed by atoms with van der Waals surface area (Å²) in [5, 5.41) is 14.6. The zero-order valence-corrected chi connectivity index (χ0v) is 15.8. The van der Waals surface area contributed by atoms with Crippen LogP contribution in [-0.2, 0) is 4.74 Å². The zero-order chi connectivity index (χ0) is 19.6. The smallest absolute Gasteiger partial charge is 0.319 e. The first-order chi connectivity index (χ1) is 13.1. The van der Waals surface area contributed by atoms with Crippen LogP contribution in [0.5, 0.6) is 11.5 Å². The molecule has 0 spiro atoms. The van der Waals surface area contributed by atoms with Gasteiger partial charge in [-0.15, -0.1) is 0 Å². The maximum absolute atomic E-state index is 12.3. The maximum Gasteiger partial charge on any atom is 0.319 e. The summed E-state index contributed by atoms with van der Waals surface area (Å²) in [6, 6.07) is 12.7. The number of para-hydroxylation sites is 1. The molecule has 0 aliphatic carbocycles. The molecule has 0 radical (unpaired) electrons. The molecule has 27 heavy (non-hydrogen) atoms. The summed E-state index contributed by atoms with van der Waals surface area (Å²) in [6.07, 6.45) is -0.365. The summed E-state index contributed by atoms with van der Waals surface area (Å²) in [5.74, 6) is 0.973. The van der Waals surface area contributed by atoms with E-state index in [2.05, 4.69) is 10.6 Å². The molecule has 3 N–H and O–H groups in total. The number of benzene rings is 2. The molecular formula is C20H26N2O5. The number of rotatable bonds is 9.